The fourth-order valence-electron chi connectivity index (χ4n) is 3.68. The van der Waals surface area contributed by atoms with Crippen molar-refractivity contribution < 1.29 is 0 Å². The number of hydrogen-bond acceptors (Lipinski definition) is 6. The number of fused-ring (bicyclic) bond motifs is 1. The number of aromatic amines is 1. The molecule has 4 rings (SSSR count). The summed E-state index contributed by atoms with van der Waals surface area (Å²) in [5.74, 6) is 0.794. The van der Waals surface area contributed by atoms with Gasteiger partial charge in [-0.2, -0.15) is 0 Å². The van der Waals surface area contributed by atoms with Crippen LogP contribution in [0.1, 0.15) is 25.7 Å². The number of piperidine rings is 2. The normalized spacial score (nSPS) is 23.5. The summed E-state index contributed by atoms with van der Waals surface area (Å²) in [4.78, 5) is 18.4. The van der Waals surface area contributed by atoms with Gasteiger partial charge < -0.3 is 15.5 Å². The predicted octanol–water partition coefficient (Wildman–Crippen LogP) is -0.272. The first-order chi connectivity index (χ1) is 11.3. The molecule has 0 amide bonds. The van der Waals surface area contributed by atoms with Gasteiger partial charge in [-0.25, -0.2) is 19.3 Å². The maximum Gasteiger partial charge on any atom is 0.347 e. The molecule has 0 aliphatic carbocycles. The van der Waals surface area contributed by atoms with Gasteiger partial charge in [-0.15, -0.1) is 5.10 Å². The fraction of sp³-hybridized carbons (Fsp3) is 0.667. The second kappa shape index (κ2) is 6.29. The Balaban J connectivity index is 1.51. The van der Waals surface area contributed by atoms with Crippen molar-refractivity contribution in [3.8, 4) is 0 Å². The second-order valence-electron chi connectivity index (χ2n) is 6.45. The zero-order chi connectivity index (χ0) is 15.6. The molecule has 23 heavy (non-hydrogen) atoms. The first-order valence-electron chi connectivity index (χ1n) is 8.45. The van der Waals surface area contributed by atoms with Gasteiger partial charge in [0.15, 0.2) is 5.82 Å². The Hall–Kier alpha value is -1.93. The van der Waals surface area contributed by atoms with Crippen LogP contribution >= 0.6 is 0 Å². The summed E-state index contributed by atoms with van der Waals surface area (Å²) >= 11 is 0. The van der Waals surface area contributed by atoms with E-state index in [0.29, 0.717) is 17.7 Å². The van der Waals surface area contributed by atoms with Gasteiger partial charge >= 0.3 is 5.69 Å². The largest absolute Gasteiger partial charge is 0.352 e. The third-order valence-electron chi connectivity index (χ3n) is 4.85. The monoisotopic (exact) mass is 317 g/mol. The van der Waals surface area contributed by atoms with E-state index >= 15 is 0 Å². The molecule has 4 heterocycles. The summed E-state index contributed by atoms with van der Waals surface area (Å²) in [6, 6.07) is 1.08. The first kappa shape index (κ1) is 14.6. The molecule has 0 aromatic carbocycles. The zero-order valence-corrected chi connectivity index (χ0v) is 13.2. The minimum absolute atomic E-state index is 0.218. The summed E-state index contributed by atoms with van der Waals surface area (Å²) in [6.45, 7) is 4.08. The van der Waals surface area contributed by atoms with Gasteiger partial charge in [-0.05, 0) is 38.8 Å². The molecule has 8 heteroatoms. The Morgan fingerprint density at radius 3 is 2.96 bits per heavy atom. The smallest absolute Gasteiger partial charge is 0.347 e. The van der Waals surface area contributed by atoms with Crippen molar-refractivity contribution in [2.24, 2.45) is 0 Å². The van der Waals surface area contributed by atoms with Crippen molar-refractivity contribution in [2.75, 3.05) is 31.1 Å². The van der Waals surface area contributed by atoms with Crippen LogP contribution in [0.3, 0.4) is 0 Å². The van der Waals surface area contributed by atoms with Crippen LogP contribution in [0, 0.1) is 0 Å². The molecule has 1 atom stereocenters. The second-order valence-corrected chi connectivity index (χ2v) is 6.45. The third-order valence-corrected chi connectivity index (χ3v) is 4.85. The fourth-order valence-corrected chi connectivity index (χ4v) is 3.68. The molecule has 0 bridgehead atoms. The maximum atomic E-state index is 11.7. The molecule has 2 aliphatic rings. The summed E-state index contributed by atoms with van der Waals surface area (Å²) < 4.78 is 1.52. The van der Waals surface area contributed by atoms with Gasteiger partial charge in [-0.1, -0.05) is 0 Å². The molecule has 124 valence electrons. The van der Waals surface area contributed by atoms with Gasteiger partial charge in [-0.3, -0.25) is 0 Å². The highest BCUT2D eigenvalue weighted by molar-refractivity contribution is 5.63. The van der Waals surface area contributed by atoms with Crippen molar-refractivity contribution in [3.05, 3.63) is 22.9 Å². The molecule has 0 radical (unpaired) electrons. The van der Waals surface area contributed by atoms with Crippen LogP contribution in [-0.4, -0.2) is 57.8 Å². The maximum absolute atomic E-state index is 11.7. The van der Waals surface area contributed by atoms with E-state index in [1.165, 1.54) is 23.7 Å². The number of nitrogens with one attached hydrogen (secondary N) is 3. The van der Waals surface area contributed by atoms with Crippen molar-refractivity contribution >= 4 is 11.5 Å². The standard InChI is InChI=1S/C15H23N7O/c23-15-20-19-14-13(17-7-9-22(14)15)21-8-1-2-12(10-21)18-11-3-5-16-6-4-11/h7,9,11-12,16,18H,1-6,8,10H2,(H,20,23)/t12-/m1/s1. The van der Waals surface area contributed by atoms with Crippen LogP contribution in [0.5, 0.6) is 0 Å². The van der Waals surface area contributed by atoms with E-state index < -0.39 is 0 Å². The van der Waals surface area contributed by atoms with E-state index in [9.17, 15) is 4.79 Å². The van der Waals surface area contributed by atoms with E-state index in [-0.39, 0.29) is 5.69 Å². The molecular weight excluding hydrogens is 294 g/mol. The predicted molar refractivity (Wildman–Crippen MR) is 87.9 cm³/mol. The molecule has 2 aliphatic heterocycles. The lowest BCUT2D eigenvalue weighted by Crippen LogP contribution is -2.51. The molecule has 3 N–H and O–H groups in total. The molecule has 0 saturated carbocycles. The third kappa shape index (κ3) is 2.96. The van der Waals surface area contributed by atoms with E-state index in [2.05, 4.69) is 30.7 Å². The first-order valence-corrected chi connectivity index (χ1v) is 8.45. The van der Waals surface area contributed by atoms with Crippen LogP contribution in [0.4, 0.5) is 5.82 Å². The van der Waals surface area contributed by atoms with Crippen molar-refractivity contribution in [3.63, 3.8) is 0 Å². The molecule has 2 aromatic heterocycles. The van der Waals surface area contributed by atoms with Gasteiger partial charge in [0.2, 0.25) is 5.65 Å². The minimum atomic E-state index is -0.218. The van der Waals surface area contributed by atoms with E-state index in [1.54, 1.807) is 12.4 Å². The molecule has 2 aromatic rings. The highest BCUT2D eigenvalue weighted by Crippen LogP contribution is 2.21. The lowest BCUT2D eigenvalue weighted by molar-refractivity contribution is 0.320. The van der Waals surface area contributed by atoms with Crippen LogP contribution in [0.2, 0.25) is 0 Å². The lowest BCUT2D eigenvalue weighted by atomic mass is 10.0. The highest BCUT2D eigenvalue weighted by atomic mass is 16.1. The summed E-state index contributed by atoms with van der Waals surface area (Å²) in [5, 5.41) is 13.8. The van der Waals surface area contributed by atoms with Crippen LogP contribution < -0.4 is 21.2 Å². The Morgan fingerprint density at radius 1 is 1.22 bits per heavy atom. The number of hydrogen-bond donors (Lipinski definition) is 3. The topological polar surface area (TPSA) is 90.3 Å². The number of aromatic nitrogens is 4. The van der Waals surface area contributed by atoms with Crippen molar-refractivity contribution in [2.45, 2.75) is 37.8 Å². The highest BCUT2D eigenvalue weighted by Gasteiger charge is 2.25. The van der Waals surface area contributed by atoms with Crippen molar-refractivity contribution in [1.29, 1.82) is 0 Å². The van der Waals surface area contributed by atoms with E-state index in [1.807, 2.05) is 0 Å². The summed E-state index contributed by atoms with van der Waals surface area (Å²) in [5.41, 5.74) is 0.394. The van der Waals surface area contributed by atoms with Crippen molar-refractivity contribution in [1.82, 2.24) is 30.2 Å². The molecule has 0 unspecified atom stereocenters. The molecule has 0 spiro atoms. The molecular formula is C15H23N7O. The number of rotatable bonds is 3. The Morgan fingerprint density at radius 2 is 2.09 bits per heavy atom. The van der Waals surface area contributed by atoms with Crippen LogP contribution in [0.15, 0.2) is 17.2 Å². The average Bonchev–Trinajstić information content (AvgIpc) is 2.98. The Kier molecular flexibility index (Phi) is 4.00. The average molecular weight is 317 g/mol. The Bertz CT molecular complexity index is 718. The van der Waals surface area contributed by atoms with Gasteiger partial charge in [0.25, 0.3) is 0 Å². The number of H-pyrrole nitrogens is 1. The summed E-state index contributed by atoms with van der Waals surface area (Å²) in [6.07, 6.45) is 8.03. The minimum Gasteiger partial charge on any atom is -0.352 e. The van der Waals surface area contributed by atoms with Crippen LogP contribution in [-0.2, 0) is 0 Å². The van der Waals surface area contributed by atoms with E-state index in [4.69, 9.17) is 0 Å². The SMILES string of the molecule is O=c1[nH]nc2c(N3CCC[C@@H](NC4CCNCC4)C3)nccn12. The zero-order valence-electron chi connectivity index (χ0n) is 13.2. The van der Waals surface area contributed by atoms with Gasteiger partial charge in [0, 0.05) is 37.6 Å². The molecule has 2 fully saturated rings. The molecule has 8 nitrogen and oxygen atoms in total. The van der Waals surface area contributed by atoms with Crippen LogP contribution in [0.25, 0.3) is 5.65 Å². The molecule has 2 saturated heterocycles. The number of nitrogens with zero attached hydrogens (tertiary/aromatic N) is 4. The summed E-state index contributed by atoms with van der Waals surface area (Å²) in [7, 11) is 0. The van der Waals surface area contributed by atoms with E-state index in [0.717, 1.165) is 38.4 Å². The van der Waals surface area contributed by atoms with Gasteiger partial charge in [0.05, 0.1) is 0 Å². The van der Waals surface area contributed by atoms with Gasteiger partial charge in [0.1, 0.15) is 0 Å². The number of anilines is 1. The Labute approximate surface area is 134 Å². The lowest BCUT2D eigenvalue weighted by Gasteiger charge is -2.37. The quantitative estimate of drug-likeness (QED) is 0.722.